The zero-order valence-corrected chi connectivity index (χ0v) is 26.3. The van der Waals surface area contributed by atoms with Gasteiger partial charge in [-0.3, -0.25) is 14.4 Å². The molecule has 0 bridgehead atoms. The fraction of sp³-hybridized carbons (Fsp3) is 0.643. The number of ether oxygens (including phenoxy) is 5. The van der Waals surface area contributed by atoms with Crippen molar-refractivity contribution in [2.45, 2.75) is 154 Å². The van der Waals surface area contributed by atoms with E-state index in [9.17, 15) is 14.4 Å². The van der Waals surface area contributed by atoms with Gasteiger partial charge in [-0.25, -0.2) is 0 Å². The molecule has 1 aliphatic rings. The lowest BCUT2D eigenvalue weighted by Gasteiger charge is -2.25. The van der Waals surface area contributed by atoms with Gasteiger partial charge in [-0.15, -0.1) is 0 Å². The first kappa shape index (κ1) is 60.0. The third-order valence-corrected chi connectivity index (χ3v) is 7.72. The van der Waals surface area contributed by atoms with Crippen molar-refractivity contribution in [2.24, 2.45) is 5.92 Å². The highest BCUT2D eigenvalue weighted by Crippen LogP contribution is 2.29. The van der Waals surface area contributed by atoms with Gasteiger partial charge in [0.2, 0.25) is 0 Å². The lowest BCUT2D eigenvalue weighted by atomic mass is 9.85. The van der Waals surface area contributed by atoms with Crippen LogP contribution in [0.25, 0.3) is 0 Å². The quantitative estimate of drug-likeness (QED) is 0.0985. The molecular formula is C42H76BO8. The van der Waals surface area contributed by atoms with Gasteiger partial charge in [0.05, 0.1) is 38.8 Å². The molecule has 0 aliphatic heterocycles. The number of benzene rings is 2. The Hall–Kier alpha value is -3.17. The Morgan fingerprint density at radius 1 is 0.686 bits per heavy atom. The van der Waals surface area contributed by atoms with Crippen LogP contribution in [0, 0.1) is 5.92 Å². The van der Waals surface area contributed by atoms with Crippen LogP contribution in [-0.2, 0) is 39.9 Å². The predicted octanol–water partition coefficient (Wildman–Crippen LogP) is 10.7. The third-order valence-electron chi connectivity index (χ3n) is 7.72. The number of ketones is 1. The van der Waals surface area contributed by atoms with Gasteiger partial charge in [0.1, 0.15) is 23.7 Å². The van der Waals surface area contributed by atoms with Crippen molar-refractivity contribution in [3.05, 3.63) is 66.2 Å². The van der Waals surface area contributed by atoms with Gasteiger partial charge in [-0.2, -0.15) is 0 Å². The van der Waals surface area contributed by atoms with E-state index in [0.717, 1.165) is 30.6 Å². The largest absolute Gasteiger partial charge is 0.493 e. The van der Waals surface area contributed by atoms with Crippen LogP contribution in [0.4, 0.5) is 0 Å². The molecule has 2 aromatic rings. The summed E-state index contributed by atoms with van der Waals surface area (Å²) in [4.78, 5) is 37.9. The smallest absolute Gasteiger partial charge is 0.309 e. The summed E-state index contributed by atoms with van der Waals surface area (Å²) in [6, 6.07) is 19.1. The van der Waals surface area contributed by atoms with Crippen LogP contribution in [-0.4, -0.2) is 64.8 Å². The molecule has 51 heavy (non-hydrogen) atoms. The highest BCUT2D eigenvalue weighted by atomic mass is 16.6. The topological polar surface area (TPSA) is 97.4 Å². The molecule has 0 amide bonds. The lowest BCUT2D eigenvalue weighted by molar-refractivity contribution is -0.161. The summed E-state index contributed by atoms with van der Waals surface area (Å²) in [6.45, 7) is 2.32. The Morgan fingerprint density at radius 3 is 1.76 bits per heavy atom. The normalized spacial score (nSPS) is 13.2. The summed E-state index contributed by atoms with van der Waals surface area (Å²) < 4.78 is 28.6. The average molecular weight is 720 g/mol. The van der Waals surface area contributed by atoms with E-state index >= 15 is 0 Å². The van der Waals surface area contributed by atoms with E-state index in [0.29, 0.717) is 32.0 Å². The summed E-state index contributed by atoms with van der Waals surface area (Å²) >= 11 is 0. The van der Waals surface area contributed by atoms with Crippen LogP contribution in [0.5, 0.6) is 5.75 Å². The molecule has 1 aliphatic carbocycles. The first-order valence-corrected chi connectivity index (χ1v) is 15.6. The van der Waals surface area contributed by atoms with Crippen molar-refractivity contribution in [2.75, 3.05) is 20.3 Å². The number of esters is 2. The van der Waals surface area contributed by atoms with Gasteiger partial charge in [-0.1, -0.05) is 133 Å². The molecule has 0 N–H and O–H groups in total. The second-order valence-corrected chi connectivity index (χ2v) is 11.4. The van der Waals surface area contributed by atoms with Crippen molar-refractivity contribution in [3.8, 4) is 5.75 Å². The van der Waals surface area contributed by atoms with Gasteiger partial charge in [-0.05, 0) is 43.4 Å². The lowest BCUT2D eigenvalue weighted by Crippen LogP contribution is -2.30. The molecule has 0 aromatic heterocycles. The average Bonchev–Trinajstić information content (AvgIpc) is 3.00. The maximum Gasteiger partial charge on any atom is 0.309 e. The van der Waals surface area contributed by atoms with E-state index in [1.807, 2.05) is 60.7 Å². The van der Waals surface area contributed by atoms with Crippen molar-refractivity contribution < 1.29 is 38.1 Å². The zero-order chi connectivity index (χ0) is 30.7. The summed E-state index contributed by atoms with van der Waals surface area (Å²) in [5.74, 6) is 0.317. The first-order valence-electron chi connectivity index (χ1n) is 15.6. The SMILES string of the molecule is C.C.C.C.C.C.C.COC(CCOc1ccccc1)CC(=O)OC(CCC1CCCCC1)CC(=O)OC(COCc1ccccc1)CC(C)=O.[B]. The van der Waals surface area contributed by atoms with Crippen LogP contribution in [0.2, 0.25) is 0 Å². The highest BCUT2D eigenvalue weighted by Gasteiger charge is 2.26. The Morgan fingerprint density at radius 2 is 1.22 bits per heavy atom. The number of Topliss-reactive ketones (excluding diaryl/α,β-unsaturated/α-hetero) is 1. The number of para-hydroxylation sites is 1. The molecule has 3 radical (unpaired) electrons. The predicted molar refractivity (Wildman–Crippen MR) is 216 cm³/mol. The maximum absolute atomic E-state index is 13.0. The van der Waals surface area contributed by atoms with E-state index in [1.54, 1.807) is 7.11 Å². The molecular weight excluding hydrogens is 643 g/mol. The van der Waals surface area contributed by atoms with E-state index in [2.05, 4.69) is 0 Å². The van der Waals surface area contributed by atoms with Gasteiger partial charge >= 0.3 is 11.9 Å². The second kappa shape index (κ2) is 35.2. The van der Waals surface area contributed by atoms with E-state index in [4.69, 9.17) is 23.7 Å². The molecule has 295 valence electrons. The summed E-state index contributed by atoms with van der Waals surface area (Å²) in [6.07, 6.45) is 6.39. The second-order valence-electron chi connectivity index (χ2n) is 11.4. The van der Waals surface area contributed by atoms with Crippen LogP contribution in [0.3, 0.4) is 0 Å². The molecule has 3 rings (SSSR count). The Labute approximate surface area is 316 Å². The van der Waals surface area contributed by atoms with Crippen LogP contribution in [0.15, 0.2) is 60.7 Å². The Kier molecular flexibility index (Phi) is 41.4. The van der Waals surface area contributed by atoms with Crippen molar-refractivity contribution in [3.63, 3.8) is 0 Å². The van der Waals surface area contributed by atoms with E-state index < -0.39 is 24.1 Å². The molecule has 9 heteroatoms. The highest BCUT2D eigenvalue weighted by molar-refractivity contribution is 5.77. The third kappa shape index (κ3) is 26.3. The molecule has 2 aromatic carbocycles. The minimum Gasteiger partial charge on any atom is -0.493 e. The number of rotatable bonds is 20. The number of hydrogen-bond donors (Lipinski definition) is 0. The molecule has 3 unspecified atom stereocenters. The van der Waals surface area contributed by atoms with Gasteiger partial charge in [0.25, 0.3) is 0 Å². The summed E-state index contributed by atoms with van der Waals surface area (Å²) in [5, 5.41) is 0. The van der Waals surface area contributed by atoms with Gasteiger partial charge in [0.15, 0.2) is 0 Å². The number of carbonyl (C=O) groups is 3. The number of hydrogen-bond acceptors (Lipinski definition) is 8. The van der Waals surface area contributed by atoms with Crippen molar-refractivity contribution >= 4 is 26.1 Å². The van der Waals surface area contributed by atoms with Crippen LogP contribution >= 0.6 is 0 Å². The van der Waals surface area contributed by atoms with Crippen molar-refractivity contribution in [1.82, 2.24) is 0 Å². The monoisotopic (exact) mass is 720 g/mol. The van der Waals surface area contributed by atoms with Crippen molar-refractivity contribution in [1.29, 1.82) is 0 Å². The number of carbonyl (C=O) groups excluding carboxylic acids is 3. The molecule has 0 spiro atoms. The minimum absolute atomic E-state index is 0. The molecule has 0 heterocycles. The minimum atomic E-state index is -0.703. The summed E-state index contributed by atoms with van der Waals surface area (Å²) in [7, 11) is 1.56. The zero-order valence-electron chi connectivity index (χ0n) is 26.3. The fourth-order valence-electron chi connectivity index (χ4n) is 5.41. The van der Waals surface area contributed by atoms with Gasteiger partial charge in [0, 0.05) is 28.4 Å². The molecule has 3 atom stereocenters. The fourth-order valence-corrected chi connectivity index (χ4v) is 5.41. The van der Waals surface area contributed by atoms with Crippen LogP contribution in [0.1, 0.15) is 135 Å². The van der Waals surface area contributed by atoms with Gasteiger partial charge < -0.3 is 23.7 Å². The molecule has 8 nitrogen and oxygen atoms in total. The summed E-state index contributed by atoms with van der Waals surface area (Å²) in [5.41, 5.74) is 0.992. The standard InChI is InChI=1S/C35H48O8.7CH4.B/c1-27(36)22-33(26-40-25-29-14-8-4-9-15-29)43-35(38)24-32(19-18-28-12-6-3-7-13-28)42-34(37)23-31(39-2)20-21-41-30-16-10-5-11-17-30;;;;;;;;/h4-5,8-11,14-17,28,31-33H,3,6-7,12-13,18-26H2,1-2H3;7*1H4;. The van der Waals surface area contributed by atoms with E-state index in [-0.39, 0.29) is 98.2 Å². The van der Waals surface area contributed by atoms with Crippen LogP contribution < -0.4 is 4.74 Å². The Balaban J connectivity index is -0.000000633. The number of methoxy groups -OCH3 is 1. The van der Waals surface area contributed by atoms with E-state index in [1.165, 1.54) is 26.2 Å². The Bertz CT molecular complexity index is 1080. The molecule has 1 fully saturated rings. The molecule has 1 saturated carbocycles. The maximum atomic E-state index is 13.0. The molecule has 0 saturated heterocycles. The first-order chi connectivity index (χ1) is 20.9.